The second kappa shape index (κ2) is 6.04. The number of rotatable bonds is 3. The second-order valence-corrected chi connectivity index (χ2v) is 5.93. The third-order valence-electron chi connectivity index (χ3n) is 3.97. The fourth-order valence-corrected chi connectivity index (χ4v) is 3.06. The Kier molecular flexibility index (Phi) is 3.73. The first-order chi connectivity index (χ1) is 11.7. The normalized spacial score (nSPS) is 18.1. The Hall–Kier alpha value is -2.74. The average Bonchev–Trinajstić information content (AvgIpc) is 3.05. The molecule has 0 spiro atoms. The van der Waals surface area contributed by atoms with Gasteiger partial charge < -0.3 is 10.2 Å². The van der Waals surface area contributed by atoms with E-state index < -0.39 is 0 Å². The Morgan fingerprint density at radius 1 is 1.21 bits per heavy atom. The Morgan fingerprint density at radius 3 is 2.96 bits per heavy atom. The third kappa shape index (κ3) is 2.65. The summed E-state index contributed by atoms with van der Waals surface area (Å²) < 4.78 is 1.32. The number of carbonyl (C=O) groups excluding carboxylic acids is 1. The van der Waals surface area contributed by atoms with E-state index in [9.17, 15) is 4.79 Å². The van der Waals surface area contributed by atoms with E-state index >= 15 is 0 Å². The molecule has 9 heteroatoms. The van der Waals surface area contributed by atoms with Gasteiger partial charge in [0.2, 0.25) is 5.91 Å². The first-order valence-electron chi connectivity index (χ1n) is 7.60. The van der Waals surface area contributed by atoms with Gasteiger partial charge in [-0.1, -0.05) is 23.7 Å². The van der Waals surface area contributed by atoms with Gasteiger partial charge in [-0.05, 0) is 47.5 Å². The highest BCUT2D eigenvalue weighted by Gasteiger charge is 2.30. The first-order valence-corrected chi connectivity index (χ1v) is 7.98. The third-order valence-corrected chi connectivity index (χ3v) is 4.29. The van der Waals surface area contributed by atoms with Gasteiger partial charge in [0, 0.05) is 6.54 Å². The molecule has 122 valence electrons. The molecule has 8 nitrogen and oxygen atoms in total. The van der Waals surface area contributed by atoms with Gasteiger partial charge in [-0.3, -0.25) is 4.79 Å². The van der Waals surface area contributed by atoms with Gasteiger partial charge in [-0.15, -0.1) is 14.8 Å². The van der Waals surface area contributed by atoms with Crippen molar-refractivity contribution in [3.05, 3.63) is 41.4 Å². The molecule has 4 rings (SSSR count). The molecular weight excluding hydrogens is 330 g/mol. The van der Waals surface area contributed by atoms with Gasteiger partial charge in [0.25, 0.3) is 0 Å². The number of nitrogens with one attached hydrogen (secondary N) is 1. The van der Waals surface area contributed by atoms with E-state index in [0.717, 1.165) is 18.5 Å². The maximum absolute atomic E-state index is 12.8. The van der Waals surface area contributed by atoms with Crippen LogP contribution in [0.4, 0.5) is 11.5 Å². The van der Waals surface area contributed by atoms with Crippen molar-refractivity contribution >= 4 is 34.7 Å². The molecule has 1 amide bonds. The molecule has 1 aliphatic rings. The molecule has 1 fully saturated rings. The predicted molar refractivity (Wildman–Crippen MR) is 89.0 cm³/mol. The van der Waals surface area contributed by atoms with E-state index in [4.69, 9.17) is 11.6 Å². The molecule has 24 heavy (non-hydrogen) atoms. The Morgan fingerprint density at radius 2 is 2.08 bits per heavy atom. The van der Waals surface area contributed by atoms with Crippen molar-refractivity contribution in [2.45, 2.75) is 18.9 Å². The lowest BCUT2D eigenvalue weighted by Gasteiger charge is -2.33. The Bertz CT molecular complexity index is 896. The summed E-state index contributed by atoms with van der Waals surface area (Å²) in [5, 5.41) is 19.1. The molecule has 1 aromatic carbocycles. The summed E-state index contributed by atoms with van der Waals surface area (Å²) >= 11 is 6.23. The Labute approximate surface area is 142 Å². The van der Waals surface area contributed by atoms with Crippen LogP contribution in [0.3, 0.4) is 0 Å². The number of piperidine rings is 1. The lowest BCUT2D eigenvalue weighted by Crippen LogP contribution is -2.48. The van der Waals surface area contributed by atoms with Gasteiger partial charge in [-0.25, -0.2) is 0 Å². The molecule has 1 saturated heterocycles. The number of tetrazole rings is 1. The van der Waals surface area contributed by atoms with Crippen molar-refractivity contribution < 1.29 is 4.79 Å². The van der Waals surface area contributed by atoms with E-state index in [1.165, 1.54) is 4.63 Å². The quantitative estimate of drug-likeness (QED) is 0.780. The van der Waals surface area contributed by atoms with Crippen LogP contribution < -0.4 is 10.2 Å². The van der Waals surface area contributed by atoms with Crippen LogP contribution in [0, 0.1) is 0 Å². The molecule has 3 heterocycles. The van der Waals surface area contributed by atoms with Crippen molar-refractivity contribution in [3.8, 4) is 0 Å². The van der Waals surface area contributed by atoms with Crippen LogP contribution in [-0.2, 0) is 4.79 Å². The van der Waals surface area contributed by atoms with Gasteiger partial charge >= 0.3 is 0 Å². The maximum atomic E-state index is 12.8. The summed E-state index contributed by atoms with van der Waals surface area (Å²) in [5.41, 5.74) is 1.28. The summed E-state index contributed by atoms with van der Waals surface area (Å²) in [6.07, 6.45) is 1.61. The fraction of sp³-hybridized carbons (Fsp3) is 0.267. The Balaban J connectivity index is 1.57. The number of anilines is 2. The molecule has 0 saturated carbocycles. The number of nitrogens with zero attached hydrogens (tertiary/aromatic N) is 6. The molecule has 2 aromatic heterocycles. The summed E-state index contributed by atoms with van der Waals surface area (Å²) in [5.74, 6) is 0.530. The second-order valence-electron chi connectivity index (χ2n) is 5.53. The first kappa shape index (κ1) is 14.8. The molecule has 1 atom stereocenters. The zero-order valence-corrected chi connectivity index (χ0v) is 13.4. The predicted octanol–water partition coefficient (Wildman–Crippen LogP) is 1.78. The summed E-state index contributed by atoms with van der Waals surface area (Å²) in [6, 6.07) is 10.5. The number of hydrogen-bond acceptors (Lipinski definition) is 6. The molecule has 1 aliphatic heterocycles. The van der Waals surface area contributed by atoms with Crippen molar-refractivity contribution in [2.75, 3.05) is 16.8 Å². The van der Waals surface area contributed by atoms with Crippen molar-refractivity contribution in [2.24, 2.45) is 0 Å². The molecule has 0 bridgehead atoms. The topological polar surface area (TPSA) is 88.3 Å². The van der Waals surface area contributed by atoms with Crippen LogP contribution in [-0.4, -0.2) is 43.7 Å². The van der Waals surface area contributed by atoms with E-state index in [0.29, 0.717) is 23.0 Å². The number of hydrogen-bond donors (Lipinski definition) is 1. The zero-order valence-electron chi connectivity index (χ0n) is 12.6. The maximum Gasteiger partial charge on any atom is 0.249 e. The number of benzene rings is 1. The minimum Gasteiger partial charge on any atom is -0.357 e. The zero-order chi connectivity index (χ0) is 16.5. The summed E-state index contributed by atoms with van der Waals surface area (Å²) in [6.45, 7) is 0.653. The molecular formula is C15H14ClN7O. The number of aromatic nitrogens is 5. The standard InChI is InChI=1S/C15H14ClN7O/c16-10-4-1-2-6-12(10)22-9-3-5-11(15(22)24)17-13-7-8-14-18-20-21-23(14)19-13/h1-2,4,6-8,11H,3,5,9H2,(H,17,19). The summed E-state index contributed by atoms with van der Waals surface area (Å²) in [7, 11) is 0. The van der Waals surface area contributed by atoms with E-state index in [2.05, 4.69) is 25.9 Å². The molecule has 0 aliphatic carbocycles. The molecule has 3 aromatic rings. The van der Waals surface area contributed by atoms with Crippen molar-refractivity contribution in [1.29, 1.82) is 0 Å². The highest BCUT2D eigenvalue weighted by Crippen LogP contribution is 2.29. The van der Waals surface area contributed by atoms with Gasteiger partial charge in [-0.2, -0.15) is 0 Å². The van der Waals surface area contributed by atoms with Crippen LogP contribution in [0.5, 0.6) is 0 Å². The van der Waals surface area contributed by atoms with Gasteiger partial charge in [0.05, 0.1) is 10.7 Å². The highest BCUT2D eigenvalue weighted by molar-refractivity contribution is 6.33. The highest BCUT2D eigenvalue weighted by atomic mass is 35.5. The lowest BCUT2D eigenvalue weighted by molar-refractivity contribution is -0.120. The van der Waals surface area contributed by atoms with E-state index in [-0.39, 0.29) is 11.9 Å². The minimum atomic E-state index is -0.364. The molecule has 0 radical (unpaired) electrons. The average molecular weight is 344 g/mol. The number of para-hydroxylation sites is 1. The van der Waals surface area contributed by atoms with Crippen molar-refractivity contribution in [3.63, 3.8) is 0 Å². The van der Waals surface area contributed by atoms with Crippen LogP contribution in [0.1, 0.15) is 12.8 Å². The van der Waals surface area contributed by atoms with Crippen LogP contribution >= 0.6 is 11.6 Å². The van der Waals surface area contributed by atoms with Crippen LogP contribution in [0.2, 0.25) is 5.02 Å². The molecule has 1 unspecified atom stereocenters. The van der Waals surface area contributed by atoms with Crippen molar-refractivity contribution in [1.82, 2.24) is 25.3 Å². The van der Waals surface area contributed by atoms with Gasteiger partial charge in [0.1, 0.15) is 11.9 Å². The number of halogens is 1. The number of amides is 1. The van der Waals surface area contributed by atoms with Gasteiger partial charge in [0.15, 0.2) is 5.65 Å². The van der Waals surface area contributed by atoms with Crippen LogP contribution in [0.25, 0.3) is 5.65 Å². The fourth-order valence-electron chi connectivity index (χ4n) is 2.82. The smallest absolute Gasteiger partial charge is 0.249 e. The van der Waals surface area contributed by atoms with Crippen LogP contribution in [0.15, 0.2) is 36.4 Å². The number of carbonyl (C=O) groups is 1. The summed E-state index contributed by atoms with van der Waals surface area (Å²) in [4.78, 5) is 14.5. The largest absolute Gasteiger partial charge is 0.357 e. The lowest BCUT2D eigenvalue weighted by atomic mass is 10.0. The SMILES string of the molecule is O=C1C(Nc2ccc3nnnn3n2)CCCN1c1ccccc1Cl. The van der Waals surface area contributed by atoms with E-state index in [1.54, 1.807) is 23.1 Å². The minimum absolute atomic E-state index is 0.0204. The monoisotopic (exact) mass is 343 g/mol. The number of fused-ring (bicyclic) bond motifs is 1. The van der Waals surface area contributed by atoms with E-state index in [1.807, 2.05) is 18.2 Å². The molecule has 1 N–H and O–H groups in total.